The van der Waals surface area contributed by atoms with E-state index in [1.807, 2.05) is 0 Å². The van der Waals surface area contributed by atoms with Crippen LogP contribution >= 0.6 is 0 Å². The molecule has 0 aromatic rings. The Morgan fingerprint density at radius 1 is 1.53 bits per heavy atom. The molecule has 82 valence electrons. The molecule has 0 aromatic carbocycles. The number of hydrogen-bond acceptors (Lipinski definition) is 3. The van der Waals surface area contributed by atoms with Crippen LogP contribution in [0.3, 0.4) is 0 Å². The van der Waals surface area contributed by atoms with E-state index in [-0.39, 0.29) is 51.4 Å². The fraction of sp³-hybridized carbons (Fsp3) is 0.857. The van der Waals surface area contributed by atoms with Crippen LogP contribution in [-0.4, -0.2) is 44.0 Å². The summed E-state index contributed by atoms with van der Waals surface area (Å²) in [4.78, 5) is 12.2. The third-order valence-corrected chi connectivity index (χ3v) is 2.28. The van der Waals surface area contributed by atoms with Gasteiger partial charge in [0.1, 0.15) is 6.04 Å². The van der Waals surface area contributed by atoms with E-state index in [1.54, 1.807) is 0 Å². The normalized spacial score (nSPS) is 22.3. The van der Waals surface area contributed by atoms with E-state index in [1.165, 1.54) is 7.11 Å². The van der Waals surface area contributed by atoms with E-state index in [2.05, 4.69) is 4.74 Å². The number of likely N-dealkylation sites (tertiary alicyclic amines) is 1. The Bertz CT molecular complexity index is 227. The Hall–Kier alpha value is 0.921. The van der Waals surface area contributed by atoms with Crippen LogP contribution < -0.4 is 51.4 Å². The van der Waals surface area contributed by atoms with Crippen LogP contribution in [0.5, 0.6) is 0 Å². The van der Waals surface area contributed by atoms with Crippen LogP contribution in [0, 0.1) is 0 Å². The molecular formula is C7H12BF3KNO2. The molecule has 0 bridgehead atoms. The molecule has 1 saturated heterocycles. The number of halogens is 3. The molecule has 0 amide bonds. The molecule has 0 radical (unpaired) electrons. The van der Waals surface area contributed by atoms with Gasteiger partial charge in [-0.1, -0.05) is 0 Å². The van der Waals surface area contributed by atoms with Crippen molar-refractivity contribution in [1.82, 2.24) is 4.90 Å². The van der Waals surface area contributed by atoms with E-state index in [4.69, 9.17) is 0 Å². The van der Waals surface area contributed by atoms with Gasteiger partial charge in [-0.2, -0.15) is 0 Å². The van der Waals surface area contributed by atoms with Crippen LogP contribution in [-0.2, 0) is 9.53 Å². The number of ether oxygens (including phenoxy) is 1. The van der Waals surface area contributed by atoms with E-state index in [0.717, 1.165) is 4.90 Å². The van der Waals surface area contributed by atoms with E-state index >= 15 is 0 Å². The number of rotatable bonds is 3. The molecule has 1 heterocycles. The van der Waals surface area contributed by atoms with Crippen molar-refractivity contribution in [2.75, 3.05) is 20.1 Å². The second-order valence-electron chi connectivity index (χ2n) is 3.39. The van der Waals surface area contributed by atoms with E-state index in [0.29, 0.717) is 19.4 Å². The minimum atomic E-state index is -4.86. The van der Waals surface area contributed by atoms with Gasteiger partial charge >= 0.3 is 64.3 Å². The average molecular weight is 249 g/mol. The van der Waals surface area contributed by atoms with Crippen molar-refractivity contribution < 1.29 is 73.9 Å². The largest absolute Gasteiger partial charge is 1.00 e. The maximum Gasteiger partial charge on any atom is 1.00 e. The molecule has 0 aromatic heterocycles. The molecule has 1 aliphatic heterocycles. The summed E-state index contributed by atoms with van der Waals surface area (Å²) in [7, 11) is 1.19. The van der Waals surface area contributed by atoms with Crippen molar-refractivity contribution in [3.8, 4) is 0 Å². The van der Waals surface area contributed by atoms with Gasteiger partial charge in [0.2, 0.25) is 0 Å². The molecule has 1 fully saturated rings. The molecular weight excluding hydrogens is 237 g/mol. The molecule has 0 N–H and O–H groups in total. The zero-order valence-corrected chi connectivity index (χ0v) is 12.0. The Labute approximate surface area is 129 Å². The van der Waals surface area contributed by atoms with Gasteiger partial charge in [0.15, 0.2) is 0 Å². The quantitative estimate of drug-likeness (QED) is 0.428. The minimum absolute atomic E-state index is 0. The molecule has 8 heteroatoms. The summed E-state index contributed by atoms with van der Waals surface area (Å²) in [5.41, 5.74) is 0. The van der Waals surface area contributed by atoms with Crippen molar-refractivity contribution in [3.05, 3.63) is 0 Å². The fourth-order valence-corrected chi connectivity index (χ4v) is 1.71. The molecule has 1 atom stereocenters. The van der Waals surface area contributed by atoms with Crippen molar-refractivity contribution in [2.24, 2.45) is 0 Å². The van der Waals surface area contributed by atoms with Gasteiger partial charge in [-0.15, -0.1) is 0 Å². The molecule has 0 saturated carbocycles. The summed E-state index contributed by atoms with van der Waals surface area (Å²) in [6.07, 6.45) is 0.102. The third kappa shape index (κ3) is 5.18. The maximum absolute atomic E-state index is 12.1. The first-order chi connectivity index (χ1) is 6.44. The summed E-state index contributed by atoms with van der Waals surface area (Å²) >= 11 is 0. The standard InChI is InChI=1S/C7H12BF3NO2.K/c1-14-7(13)6-3-2-4-12(6)5-8(9,10)11;/h6H,2-5H2,1H3;/q-1;+1/t6-;/m0./s1. The maximum atomic E-state index is 12.1. The zero-order valence-electron chi connectivity index (χ0n) is 8.88. The zero-order chi connectivity index (χ0) is 10.8. The van der Waals surface area contributed by atoms with Gasteiger partial charge in [-0.3, -0.25) is 4.79 Å². The molecule has 0 unspecified atom stereocenters. The summed E-state index contributed by atoms with van der Waals surface area (Å²) in [5.74, 6) is -0.567. The second-order valence-corrected chi connectivity index (χ2v) is 3.39. The smallest absolute Gasteiger partial charge is 0.468 e. The van der Waals surface area contributed by atoms with Gasteiger partial charge < -0.3 is 22.6 Å². The van der Waals surface area contributed by atoms with Crippen molar-refractivity contribution >= 4 is 12.9 Å². The van der Waals surface area contributed by atoms with Gasteiger partial charge in [0.25, 0.3) is 0 Å². The number of carbonyl (C=O) groups excluding carboxylic acids is 1. The van der Waals surface area contributed by atoms with Crippen LogP contribution in [0.15, 0.2) is 0 Å². The van der Waals surface area contributed by atoms with Crippen LogP contribution in [0.25, 0.3) is 0 Å². The van der Waals surface area contributed by atoms with Gasteiger partial charge in [-0.25, -0.2) is 0 Å². The summed E-state index contributed by atoms with van der Waals surface area (Å²) in [6.45, 7) is -4.54. The first kappa shape index (κ1) is 15.9. The van der Waals surface area contributed by atoms with E-state index < -0.39 is 25.4 Å². The Morgan fingerprint density at radius 2 is 2.13 bits per heavy atom. The van der Waals surface area contributed by atoms with Gasteiger partial charge in [-0.05, 0) is 25.8 Å². The summed E-state index contributed by atoms with van der Waals surface area (Å²) in [5, 5.41) is 0. The first-order valence-electron chi connectivity index (χ1n) is 4.47. The van der Waals surface area contributed by atoms with Gasteiger partial charge in [0, 0.05) is 0 Å². The van der Waals surface area contributed by atoms with Crippen LogP contribution in [0.2, 0.25) is 0 Å². The van der Waals surface area contributed by atoms with Crippen LogP contribution in [0.1, 0.15) is 12.8 Å². The number of carbonyl (C=O) groups is 1. The van der Waals surface area contributed by atoms with Gasteiger partial charge in [0.05, 0.1) is 7.11 Å². The number of hydrogen-bond donors (Lipinski definition) is 0. The third-order valence-electron chi connectivity index (χ3n) is 2.28. The topological polar surface area (TPSA) is 29.5 Å². The summed E-state index contributed by atoms with van der Waals surface area (Å²) < 4.78 is 40.8. The van der Waals surface area contributed by atoms with Crippen molar-refractivity contribution in [3.63, 3.8) is 0 Å². The monoisotopic (exact) mass is 249 g/mol. The number of esters is 1. The van der Waals surface area contributed by atoms with Crippen LogP contribution in [0.4, 0.5) is 12.9 Å². The minimum Gasteiger partial charge on any atom is -0.468 e. The van der Waals surface area contributed by atoms with Crippen molar-refractivity contribution in [1.29, 1.82) is 0 Å². The second kappa shape index (κ2) is 6.61. The first-order valence-corrected chi connectivity index (χ1v) is 4.47. The predicted molar refractivity (Wildman–Crippen MR) is 45.7 cm³/mol. The SMILES string of the molecule is COC(=O)[C@@H]1CCCN1C[B-](F)(F)F.[K+]. The molecule has 1 rings (SSSR count). The van der Waals surface area contributed by atoms with E-state index in [9.17, 15) is 17.7 Å². The molecule has 3 nitrogen and oxygen atoms in total. The molecule has 15 heavy (non-hydrogen) atoms. The number of methoxy groups -OCH3 is 1. The predicted octanol–water partition coefficient (Wildman–Crippen LogP) is -1.99. The average Bonchev–Trinajstić information content (AvgIpc) is 2.48. The Kier molecular flexibility index (Phi) is 7.01. The summed E-state index contributed by atoms with van der Waals surface area (Å²) in [6, 6.07) is -0.705. The molecule has 0 aliphatic carbocycles. The fourth-order valence-electron chi connectivity index (χ4n) is 1.71. The van der Waals surface area contributed by atoms with Crippen molar-refractivity contribution in [2.45, 2.75) is 18.9 Å². The Balaban J connectivity index is 0.00000196. The molecule has 0 spiro atoms. The Morgan fingerprint density at radius 3 is 2.60 bits per heavy atom. The number of nitrogens with zero attached hydrogens (tertiary/aromatic N) is 1. The molecule has 1 aliphatic rings.